The molecule has 2 aromatic rings. The number of hydrogen-bond acceptors (Lipinski definition) is 5. The average molecular weight is 244 g/mol. The lowest BCUT2D eigenvalue weighted by Gasteiger charge is -2.09. The number of anilines is 1. The van der Waals surface area contributed by atoms with Crippen molar-refractivity contribution in [1.82, 2.24) is 9.97 Å². The van der Waals surface area contributed by atoms with Crippen LogP contribution in [0.25, 0.3) is 0 Å². The van der Waals surface area contributed by atoms with Crippen LogP contribution in [-0.2, 0) is 0 Å². The standard InChI is InChI=1S/C12H12N4O2/c1-7-10(3-2-4-15-7)18-12-9(11(14)17)5-8(13)6-16-12/h2-6H,13H2,1H3,(H2,14,17). The van der Waals surface area contributed by atoms with Crippen molar-refractivity contribution in [1.29, 1.82) is 0 Å². The molecule has 2 heterocycles. The van der Waals surface area contributed by atoms with Crippen LogP contribution in [0.1, 0.15) is 16.1 Å². The Hall–Kier alpha value is -2.63. The van der Waals surface area contributed by atoms with Crippen LogP contribution in [0.4, 0.5) is 5.69 Å². The third-order valence-electron chi connectivity index (χ3n) is 2.30. The Labute approximate surface area is 104 Å². The first-order valence-corrected chi connectivity index (χ1v) is 5.22. The first kappa shape index (κ1) is 11.8. The SMILES string of the molecule is Cc1ncccc1Oc1ncc(N)cc1C(N)=O. The van der Waals surface area contributed by atoms with Crippen molar-refractivity contribution >= 4 is 11.6 Å². The molecule has 0 aromatic carbocycles. The van der Waals surface area contributed by atoms with Gasteiger partial charge in [-0.3, -0.25) is 9.78 Å². The van der Waals surface area contributed by atoms with Gasteiger partial charge >= 0.3 is 0 Å². The van der Waals surface area contributed by atoms with Gasteiger partial charge in [0.1, 0.15) is 5.56 Å². The summed E-state index contributed by atoms with van der Waals surface area (Å²) in [5, 5.41) is 0. The minimum absolute atomic E-state index is 0.118. The maximum Gasteiger partial charge on any atom is 0.254 e. The topological polar surface area (TPSA) is 104 Å². The van der Waals surface area contributed by atoms with Gasteiger partial charge < -0.3 is 16.2 Å². The zero-order valence-electron chi connectivity index (χ0n) is 9.75. The number of amides is 1. The molecular weight excluding hydrogens is 232 g/mol. The predicted octanol–water partition coefficient (Wildman–Crippen LogP) is 1.26. The zero-order chi connectivity index (χ0) is 13.1. The van der Waals surface area contributed by atoms with E-state index in [-0.39, 0.29) is 11.4 Å². The molecule has 92 valence electrons. The van der Waals surface area contributed by atoms with Crippen LogP contribution in [0.15, 0.2) is 30.6 Å². The maximum atomic E-state index is 11.3. The molecule has 0 unspecified atom stereocenters. The third-order valence-corrected chi connectivity index (χ3v) is 2.30. The molecule has 0 aliphatic rings. The molecule has 0 radical (unpaired) electrons. The molecule has 0 saturated carbocycles. The molecule has 2 rings (SSSR count). The summed E-state index contributed by atoms with van der Waals surface area (Å²) in [6.45, 7) is 1.79. The summed E-state index contributed by atoms with van der Waals surface area (Å²) in [5.74, 6) is -0.0172. The van der Waals surface area contributed by atoms with E-state index in [9.17, 15) is 4.79 Å². The number of hydrogen-bond donors (Lipinski definition) is 2. The monoisotopic (exact) mass is 244 g/mol. The number of primary amides is 1. The number of pyridine rings is 2. The summed E-state index contributed by atoms with van der Waals surface area (Å²) in [6.07, 6.45) is 3.04. The average Bonchev–Trinajstić information content (AvgIpc) is 2.34. The van der Waals surface area contributed by atoms with Gasteiger partial charge in [-0.15, -0.1) is 0 Å². The third kappa shape index (κ3) is 2.37. The van der Waals surface area contributed by atoms with Crippen molar-refractivity contribution in [3.05, 3.63) is 41.9 Å². The smallest absolute Gasteiger partial charge is 0.254 e. The van der Waals surface area contributed by atoms with Crippen molar-refractivity contribution in [2.24, 2.45) is 5.73 Å². The fourth-order valence-corrected chi connectivity index (χ4v) is 1.41. The number of rotatable bonds is 3. The van der Waals surface area contributed by atoms with Crippen molar-refractivity contribution in [3.8, 4) is 11.6 Å². The van der Waals surface area contributed by atoms with Gasteiger partial charge in [0.25, 0.3) is 5.91 Å². The molecule has 4 N–H and O–H groups in total. The lowest BCUT2D eigenvalue weighted by Crippen LogP contribution is -2.13. The molecule has 0 fully saturated rings. The van der Waals surface area contributed by atoms with E-state index < -0.39 is 5.91 Å². The molecule has 0 bridgehead atoms. The van der Waals surface area contributed by atoms with E-state index >= 15 is 0 Å². The first-order chi connectivity index (χ1) is 8.58. The second-order valence-corrected chi connectivity index (χ2v) is 3.67. The molecule has 6 nitrogen and oxygen atoms in total. The Kier molecular flexibility index (Phi) is 3.09. The molecule has 0 saturated heterocycles. The van der Waals surface area contributed by atoms with Crippen LogP contribution in [0.2, 0.25) is 0 Å². The maximum absolute atomic E-state index is 11.3. The Balaban J connectivity index is 2.41. The van der Waals surface area contributed by atoms with Gasteiger partial charge in [-0.2, -0.15) is 0 Å². The lowest BCUT2D eigenvalue weighted by molar-refractivity contribution is 0.0997. The van der Waals surface area contributed by atoms with Gasteiger partial charge in [0.2, 0.25) is 5.88 Å². The second kappa shape index (κ2) is 4.70. The summed E-state index contributed by atoms with van der Waals surface area (Å²) >= 11 is 0. The summed E-state index contributed by atoms with van der Waals surface area (Å²) in [6, 6.07) is 4.88. The van der Waals surface area contributed by atoms with Gasteiger partial charge in [-0.05, 0) is 25.1 Å². The molecule has 0 atom stereocenters. The first-order valence-electron chi connectivity index (χ1n) is 5.22. The van der Waals surface area contributed by atoms with Crippen LogP contribution < -0.4 is 16.2 Å². The lowest BCUT2D eigenvalue weighted by atomic mass is 10.2. The van der Waals surface area contributed by atoms with E-state index in [1.165, 1.54) is 12.3 Å². The number of nitrogens with zero attached hydrogens (tertiary/aromatic N) is 2. The molecular formula is C12H12N4O2. The zero-order valence-corrected chi connectivity index (χ0v) is 9.75. The van der Waals surface area contributed by atoms with Crippen LogP contribution in [-0.4, -0.2) is 15.9 Å². The fraction of sp³-hybridized carbons (Fsp3) is 0.0833. The fourth-order valence-electron chi connectivity index (χ4n) is 1.41. The highest BCUT2D eigenvalue weighted by molar-refractivity contribution is 5.95. The van der Waals surface area contributed by atoms with Crippen molar-refractivity contribution in [2.75, 3.05) is 5.73 Å². The van der Waals surface area contributed by atoms with Gasteiger partial charge in [-0.25, -0.2) is 4.98 Å². The molecule has 6 heteroatoms. The number of nitrogen functional groups attached to an aromatic ring is 1. The Morgan fingerprint density at radius 1 is 1.39 bits per heavy atom. The molecule has 18 heavy (non-hydrogen) atoms. The molecule has 1 amide bonds. The second-order valence-electron chi connectivity index (χ2n) is 3.67. The van der Waals surface area contributed by atoms with Crippen LogP contribution >= 0.6 is 0 Å². The minimum atomic E-state index is -0.647. The number of aryl methyl sites for hydroxylation is 1. The minimum Gasteiger partial charge on any atom is -0.436 e. The van der Waals surface area contributed by atoms with Gasteiger partial charge in [-0.1, -0.05) is 0 Å². The van der Waals surface area contributed by atoms with Gasteiger partial charge in [0.15, 0.2) is 5.75 Å². The molecule has 0 aliphatic heterocycles. The molecule has 0 aliphatic carbocycles. The van der Waals surface area contributed by atoms with E-state index in [0.29, 0.717) is 17.1 Å². The van der Waals surface area contributed by atoms with Gasteiger partial charge in [0, 0.05) is 6.20 Å². The predicted molar refractivity (Wildman–Crippen MR) is 66.2 cm³/mol. The molecule has 2 aromatic heterocycles. The van der Waals surface area contributed by atoms with E-state index in [2.05, 4.69) is 9.97 Å². The number of ether oxygens (including phenoxy) is 1. The number of nitrogens with two attached hydrogens (primary N) is 2. The van der Waals surface area contributed by atoms with Gasteiger partial charge in [0.05, 0.1) is 17.6 Å². The number of carbonyl (C=O) groups is 1. The van der Waals surface area contributed by atoms with Crippen LogP contribution in [0, 0.1) is 6.92 Å². The van der Waals surface area contributed by atoms with E-state index in [0.717, 1.165) is 0 Å². The van der Waals surface area contributed by atoms with Crippen molar-refractivity contribution in [2.45, 2.75) is 6.92 Å². The van der Waals surface area contributed by atoms with Crippen molar-refractivity contribution < 1.29 is 9.53 Å². The van der Waals surface area contributed by atoms with Crippen molar-refractivity contribution in [3.63, 3.8) is 0 Å². The normalized spacial score (nSPS) is 10.1. The van der Waals surface area contributed by atoms with E-state index in [4.69, 9.17) is 16.2 Å². The Morgan fingerprint density at radius 3 is 2.83 bits per heavy atom. The summed E-state index contributed by atoms with van der Waals surface area (Å²) < 4.78 is 5.53. The largest absolute Gasteiger partial charge is 0.436 e. The Morgan fingerprint density at radius 2 is 2.17 bits per heavy atom. The van der Waals surface area contributed by atoms with Crippen LogP contribution in [0.3, 0.4) is 0 Å². The highest BCUT2D eigenvalue weighted by Crippen LogP contribution is 2.25. The Bertz CT molecular complexity index is 598. The quantitative estimate of drug-likeness (QED) is 0.845. The molecule has 0 spiro atoms. The van der Waals surface area contributed by atoms with E-state index in [1.54, 1.807) is 25.3 Å². The summed E-state index contributed by atoms with van der Waals surface area (Å²) in [7, 11) is 0. The highest BCUT2D eigenvalue weighted by atomic mass is 16.5. The summed E-state index contributed by atoms with van der Waals surface area (Å²) in [5.41, 5.74) is 12.0. The van der Waals surface area contributed by atoms with Crippen LogP contribution in [0.5, 0.6) is 11.6 Å². The number of aromatic nitrogens is 2. The highest BCUT2D eigenvalue weighted by Gasteiger charge is 2.13. The summed E-state index contributed by atoms with van der Waals surface area (Å²) in [4.78, 5) is 19.3. The number of carbonyl (C=O) groups excluding carboxylic acids is 1. The van der Waals surface area contributed by atoms with E-state index in [1.807, 2.05) is 0 Å².